The highest BCUT2D eigenvalue weighted by molar-refractivity contribution is 7.85. The van der Waals surface area contributed by atoms with Crippen molar-refractivity contribution in [3.63, 3.8) is 0 Å². The van der Waals surface area contributed by atoms with Crippen molar-refractivity contribution < 1.29 is 22.5 Å². The van der Waals surface area contributed by atoms with E-state index >= 15 is 0 Å². The molecule has 4 fully saturated rings. The van der Waals surface area contributed by atoms with Crippen molar-refractivity contribution in [1.82, 2.24) is 0 Å². The fraction of sp³-hybridized carbons (Fsp3) is 0.933. The van der Waals surface area contributed by atoms with Gasteiger partial charge >= 0.3 is 5.97 Å². The first-order valence-electron chi connectivity index (χ1n) is 7.85. The summed E-state index contributed by atoms with van der Waals surface area (Å²) in [5, 5.41) is 0. The van der Waals surface area contributed by atoms with Gasteiger partial charge in [-0.2, -0.15) is 8.42 Å². The minimum Gasteiger partial charge on any atom is -0.459 e. The molecule has 0 aromatic heterocycles. The first kappa shape index (κ1) is 15.3. The van der Waals surface area contributed by atoms with Gasteiger partial charge in [0.1, 0.15) is 5.60 Å². The summed E-state index contributed by atoms with van der Waals surface area (Å²) >= 11 is 0. The van der Waals surface area contributed by atoms with Crippen LogP contribution < -0.4 is 0 Å². The molecule has 21 heavy (non-hydrogen) atoms. The lowest BCUT2D eigenvalue weighted by Crippen LogP contribution is -2.58. The second kappa shape index (κ2) is 4.95. The Morgan fingerprint density at radius 1 is 1.19 bits per heavy atom. The quantitative estimate of drug-likeness (QED) is 0.635. The monoisotopic (exact) mass is 316 g/mol. The summed E-state index contributed by atoms with van der Waals surface area (Å²) in [5.74, 6) is 0.509. The Labute approximate surface area is 126 Å². The SMILES string of the molecule is CC(CS(=O)(=O)O)C(=O)OC1(C)C2CC3CC(C2)CC1C3. The van der Waals surface area contributed by atoms with Gasteiger partial charge in [0.15, 0.2) is 0 Å². The van der Waals surface area contributed by atoms with Crippen LogP contribution in [0.5, 0.6) is 0 Å². The standard InChI is InChI=1S/C15H24O5S/c1-9(8-21(17,18)19)14(16)20-15(2)12-4-10-3-11(6-12)7-13(15)5-10/h9-13H,3-8H2,1-2H3,(H,17,18,19). The van der Waals surface area contributed by atoms with Gasteiger partial charge in [0.05, 0.1) is 11.7 Å². The van der Waals surface area contributed by atoms with E-state index in [1.807, 2.05) is 6.92 Å². The molecule has 0 spiro atoms. The lowest BCUT2D eigenvalue weighted by Gasteiger charge is -2.59. The van der Waals surface area contributed by atoms with Crippen LogP contribution >= 0.6 is 0 Å². The molecule has 5 nitrogen and oxygen atoms in total. The van der Waals surface area contributed by atoms with Crippen LogP contribution in [0.2, 0.25) is 0 Å². The number of hydrogen-bond acceptors (Lipinski definition) is 4. The Bertz CT molecular complexity index is 510. The lowest BCUT2D eigenvalue weighted by molar-refractivity contribution is -0.206. The fourth-order valence-electron chi connectivity index (χ4n) is 4.99. The molecule has 0 aliphatic heterocycles. The summed E-state index contributed by atoms with van der Waals surface area (Å²) in [6, 6.07) is 0. The van der Waals surface area contributed by atoms with Crippen molar-refractivity contribution in [2.75, 3.05) is 5.75 Å². The van der Waals surface area contributed by atoms with Crippen LogP contribution in [0.4, 0.5) is 0 Å². The van der Waals surface area contributed by atoms with Crippen LogP contribution in [0.15, 0.2) is 0 Å². The van der Waals surface area contributed by atoms with E-state index in [0.717, 1.165) is 37.5 Å². The number of ether oxygens (including phenoxy) is 1. The number of carbonyl (C=O) groups excluding carboxylic acids is 1. The van der Waals surface area contributed by atoms with Gasteiger partial charge in [-0.25, -0.2) is 0 Å². The molecule has 120 valence electrons. The normalized spacial score (nSPS) is 42.8. The summed E-state index contributed by atoms with van der Waals surface area (Å²) in [5.41, 5.74) is -0.446. The van der Waals surface area contributed by atoms with Crippen molar-refractivity contribution in [3.8, 4) is 0 Å². The molecule has 0 saturated heterocycles. The smallest absolute Gasteiger partial charge is 0.310 e. The number of esters is 1. The molecule has 1 atom stereocenters. The highest BCUT2D eigenvalue weighted by Gasteiger charge is 2.57. The molecule has 4 aliphatic carbocycles. The number of hydrogen-bond donors (Lipinski definition) is 1. The van der Waals surface area contributed by atoms with Gasteiger partial charge in [-0.15, -0.1) is 0 Å². The highest BCUT2D eigenvalue weighted by atomic mass is 32.2. The van der Waals surface area contributed by atoms with Crippen LogP contribution in [0, 0.1) is 29.6 Å². The minimum atomic E-state index is -4.15. The number of carbonyl (C=O) groups is 1. The van der Waals surface area contributed by atoms with Crippen molar-refractivity contribution >= 4 is 16.1 Å². The Hall–Kier alpha value is -0.620. The van der Waals surface area contributed by atoms with E-state index in [-0.39, 0.29) is 0 Å². The van der Waals surface area contributed by atoms with Gasteiger partial charge in [-0.1, -0.05) is 6.92 Å². The molecular weight excluding hydrogens is 292 g/mol. The molecule has 4 rings (SSSR count). The molecule has 0 aromatic rings. The Balaban J connectivity index is 1.70. The summed E-state index contributed by atoms with van der Waals surface area (Å²) in [6.45, 7) is 3.52. The second-order valence-electron chi connectivity index (χ2n) is 7.56. The summed E-state index contributed by atoms with van der Waals surface area (Å²) in [4.78, 5) is 12.2. The fourth-order valence-corrected chi connectivity index (χ4v) is 5.76. The van der Waals surface area contributed by atoms with E-state index in [1.54, 1.807) is 0 Å². The molecular formula is C15H24O5S. The molecule has 1 unspecified atom stereocenters. The van der Waals surface area contributed by atoms with Crippen LogP contribution in [-0.2, 0) is 19.6 Å². The van der Waals surface area contributed by atoms with Gasteiger partial charge in [-0.05, 0) is 62.7 Å². The van der Waals surface area contributed by atoms with E-state index in [1.165, 1.54) is 13.3 Å². The third kappa shape index (κ3) is 2.84. The zero-order valence-corrected chi connectivity index (χ0v) is 13.4. The molecule has 1 N–H and O–H groups in total. The van der Waals surface area contributed by atoms with Gasteiger partial charge in [-0.3, -0.25) is 9.35 Å². The number of rotatable bonds is 4. The third-order valence-electron chi connectivity index (χ3n) is 5.94. The largest absolute Gasteiger partial charge is 0.459 e. The lowest BCUT2D eigenvalue weighted by atomic mass is 9.50. The molecule has 4 bridgehead atoms. The Kier molecular flexibility index (Phi) is 3.60. The van der Waals surface area contributed by atoms with E-state index < -0.39 is 33.4 Å². The predicted molar refractivity (Wildman–Crippen MR) is 77.1 cm³/mol. The van der Waals surface area contributed by atoms with Gasteiger partial charge in [0, 0.05) is 0 Å². The average Bonchev–Trinajstić information content (AvgIpc) is 2.33. The third-order valence-corrected chi connectivity index (χ3v) is 6.86. The molecule has 4 saturated carbocycles. The van der Waals surface area contributed by atoms with Gasteiger partial charge in [0.25, 0.3) is 10.1 Å². The summed E-state index contributed by atoms with van der Waals surface area (Å²) < 4.78 is 36.5. The van der Waals surface area contributed by atoms with Gasteiger partial charge < -0.3 is 4.74 Å². The maximum Gasteiger partial charge on any atom is 0.310 e. The maximum absolute atomic E-state index is 12.2. The van der Waals surface area contributed by atoms with Crippen LogP contribution in [0.3, 0.4) is 0 Å². The molecule has 0 heterocycles. The van der Waals surface area contributed by atoms with E-state index in [2.05, 4.69) is 0 Å². The average molecular weight is 316 g/mol. The van der Waals surface area contributed by atoms with Crippen LogP contribution in [0.1, 0.15) is 46.0 Å². The molecule has 6 heteroatoms. The Morgan fingerprint density at radius 3 is 2.10 bits per heavy atom. The second-order valence-corrected chi connectivity index (χ2v) is 9.06. The summed E-state index contributed by atoms with van der Waals surface area (Å²) in [6.07, 6.45) is 5.84. The maximum atomic E-state index is 12.2. The Morgan fingerprint density at radius 2 is 1.67 bits per heavy atom. The van der Waals surface area contributed by atoms with Crippen molar-refractivity contribution in [3.05, 3.63) is 0 Å². The van der Waals surface area contributed by atoms with Crippen LogP contribution in [0.25, 0.3) is 0 Å². The molecule has 0 amide bonds. The zero-order valence-electron chi connectivity index (χ0n) is 12.6. The highest BCUT2D eigenvalue weighted by Crippen LogP contribution is 2.59. The van der Waals surface area contributed by atoms with E-state index in [4.69, 9.17) is 9.29 Å². The first-order chi connectivity index (χ1) is 9.67. The van der Waals surface area contributed by atoms with E-state index in [0.29, 0.717) is 11.8 Å². The predicted octanol–water partition coefficient (Wildman–Crippen LogP) is 2.27. The van der Waals surface area contributed by atoms with Gasteiger partial charge in [0.2, 0.25) is 0 Å². The van der Waals surface area contributed by atoms with Crippen LogP contribution in [-0.4, -0.2) is 30.3 Å². The van der Waals surface area contributed by atoms with E-state index in [9.17, 15) is 13.2 Å². The molecule has 0 aromatic carbocycles. The topological polar surface area (TPSA) is 80.7 Å². The first-order valence-corrected chi connectivity index (χ1v) is 9.46. The molecule has 0 radical (unpaired) electrons. The molecule has 4 aliphatic rings. The minimum absolute atomic E-state index is 0.413. The van der Waals surface area contributed by atoms with Crippen molar-refractivity contribution in [2.24, 2.45) is 29.6 Å². The zero-order chi connectivity index (χ0) is 15.4. The van der Waals surface area contributed by atoms with Crippen molar-refractivity contribution in [2.45, 2.75) is 51.6 Å². The van der Waals surface area contributed by atoms with Crippen molar-refractivity contribution in [1.29, 1.82) is 0 Å². The summed E-state index contributed by atoms with van der Waals surface area (Å²) in [7, 11) is -4.15.